The number of hydrogen-bond donors (Lipinski definition) is 1. The minimum Gasteiger partial charge on any atom is -0.466 e. The Morgan fingerprint density at radius 2 is 1.62 bits per heavy atom. The summed E-state index contributed by atoms with van der Waals surface area (Å²) in [7, 11) is 0. The third kappa shape index (κ3) is 8.92. The molecule has 0 saturated heterocycles. The highest BCUT2D eigenvalue weighted by molar-refractivity contribution is 5.97. The molecule has 0 saturated carbocycles. The quantitative estimate of drug-likeness (QED) is 0.359. The zero-order valence-electron chi connectivity index (χ0n) is 19.1. The molecule has 0 aromatic heterocycles. The molecule has 2 aromatic rings. The van der Waals surface area contributed by atoms with Crippen molar-refractivity contribution in [2.24, 2.45) is 0 Å². The first-order chi connectivity index (χ1) is 15.5. The summed E-state index contributed by atoms with van der Waals surface area (Å²) in [6, 6.07) is 16.9. The molecule has 2 amide bonds. The van der Waals surface area contributed by atoms with Gasteiger partial charge in [-0.05, 0) is 49.4 Å². The first-order valence-electron chi connectivity index (χ1n) is 11.4. The lowest BCUT2D eigenvalue weighted by Crippen LogP contribution is -2.32. The van der Waals surface area contributed by atoms with Gasteiger partial charge in [-0.15, -0.1) is 0 Å². The molecular formula is C26H34N2O4. The van der Waals surface area contributed by atoms with Crippen molar-refractivity contribution >= 4 is 23.5 Å². The smallest absolute Gasteiger partial charge is 0.306 e. The van der Waals surface area contributed by atoms with Crippen LogP contribution in [0.5, 0.6) is 0 Å². The summed E-state index contributed by atoms with van der Waals surface area (Å²) in [4.78, 5) is 38.7. The first kappa shape index (κ1) is 25.1. The van der Waals surface area contributed by atoms with E-state index in [-0.39, 0.29) is 30.6 Å². The lowest BCUT2D eigenvalue weighted by Gasteiger charge is -2.21. The molecule has 1 N–H and O–H groups in total. The van der Waals surface area contributed by atoms with Gasteiger partial charge >= 0.3 is 5.97 Å². The molecule has 0 bridgehead atoms. The van der Waals surface area contributed by atoms with Gasteiger partial charge in [0.1, 0.15) is 0 Å². The average molecular weight is 439 g/mol. The van der Waals surface area contributed by atoms with E-state index in [1.165, 1.54) is 5.56 Å². The van der Waals surface area contributed by atoms with E-state index in [9.17, 15) is 14.4 Å². The van der Waals surface area contributed by atoms with Crippen molar-refractivity contribution in [1.82, 2.24) is 4.90 Å². The van der Waals surface area contributed by atoms with Crippen molar-refractivity contribution in [3.8, 4) is 0 Å². The highest BCUT2D eigenvalue weighted by Gasteiger charge is 2.15. The Balaban J connectivity index is 1.74. The SMILES string of the molecule is CCCN(CCC)C(=O)c1cccc(NC(=O)CCC(=O)OCCCc2ccccc2)c1. The number of anilines is 1. The number of aryl methyl sites for hydroxylation is 1. The van der Waals surface area contributed by atoms with Crippen LogP contribution in [0.4, 0.5) is 5.69 Å². The number of esters is 1. The monoisotopic (exact) mass is 438 g/mol. The van der Waals surface area contributed by atoms with E-state index in [2.05, 4.69) is 5.32 Å². The molecule has 0 aliphatic heterocycles. The van der Waals surface area contributed by atoms with Crippen molar-refractivity contribution in [2.45, 2.75) is 52.4 Å². The summed E-state index contributed by atoms with van der Waals surface area (Å²) in [5.74, 6) is -0.703. The van der Waals surface area contributed by atoms with Crippen LogP contribution in [0, 0.1) is 0 Å². The van der Waals surface area contributed by atoms with Crippen molar-refractivity contribution in [2.75, 3.05) is 25.0 Å². The van der Waals surface area contributed by atoms with Gasteiger partial charge in [0.15, 0.2) is 0 Å². The number of nitrogens with zero attached hydrogens (tertiary/aromatic N) is 1. The molecule has 6 heteroatoms. The van der Waals surface area contributed by atoms with E-state index < -0.39 is 0 Å². The molecule has 0 aliphatic rings. The lowest BCUT2D eigenvalue weighted by atomic mass is 10.1. The van der Waals surface area contributed by atoms with Crippen LogP contribution >= 0.6 is 0 Å². The van der Waals surface area contributed by atoms with E-state index in [0.29, 0.717) is 30.9 Å². The number of carbonyl (C=O) groups excluding carboxylic acids is 3. The minimum atomic E-state index is -0.382. The number of ether oxygens (including phenoxy) is 1. The Kier molecular flexibility index (Phi) is 11.0. The molecule has 32 heavy (non-hydrogen) atoms. The highest BCUT2D eigenvalue weighted by atomic mass is 16.5. The number of amides is 2. The molecule has 0 radical (unpaired) electrons. The van der Waals surface area contributed by atoms with Crippen molar-refractivity contribution in [3.63, 3.8) is 0 Å². The van der Waals surface area contributed by atoms with Crippen LogP contribution in [0.25, 0.3) is 0 Å². The van der Waals surface area contributed by atoms with Gasteiger partial charge in [-0.25, -0.2) is 0 Å². The van der Waals surface area contributed by atoms with Gasteiger partial charge in [-0.3, -0.25) is 14.4 Å². The number of hydrogen-bond acceptors (Lipinski definition) is 4. The van der Waals surface area contributed by atoms with Gasteiger partial charge in [0.2, 0.25) is 5.91 Å². The fourth-order valence-corrected chi connectivity index (χ4v) is 3.39. The predicted octanol–water partition coefficient (Wildman–Crippen LogP) is 4.84. The number of benzene rings is 2. The molecular weight excluding hydrogens is 404 g/mol. The predicted molar refractivity (Wildman–Crippen MR) is 127 cm³/mol. The van der Waals surface area contributed by atoms with E-state index in [4.69, 9.17) is 4.74 Å². The Hall–Kier alpha value is -3.15. The second kappa shape index (κ2) is 14.0. The Labute approximate surface area is 191 Å². The summed E-state index contributed by atoms with van der Waals surface area (Å²) >= 11 is 0. The summed E-state index contributed by atoms with van der Waals surface area (Å²) in [6.45, 7) is 5.83. The van der Waals surface area contributed by atoms with Crippen LogP contribution < -0.4 is 5.32 Å². The highest BCUT2D eigenvalue weighted by Crippen LogP contribution is 2.14. The zero-order chi connectivity index (χ0) is 23.2. The van der Waals surface area contributed by atoms with Gasteiger partial charge in [0.25, 0.3) is 5.91 Å². The third-order valence-corrected chi connectivity index (χ3v) is 4.94. The van der Waals surface area contributed by atoms with Crippen molar-refractivity contribution in [1.29, 1.82) is 0 Å². The molecule has 0 fully saturated rings. The summed E-state index contributed by atoms with van der Waals surface area (Å²) in [5.41, 5.74) is 2.30. The normalized spacial score (nSPS) is 10.4. The average Bonchev–Trinajstić information content (AvgIpc) is 2.81. The van der Waals surface area contributed by atoms with Crippen LogP contribution in [0.1, 0.15) is 61.9 Å². The molecule has 0 atom stereocenters. The lowest BCUT2D eigenvalue weighted by molar-refractivity contribution is -0.144. The summed E-state index contributed by atoms with van der Waals surface area (Å²) in [5, 5.41) is 2.77. The molecule has 0 aliphatic carbocycles. The van der Waals surface area contributed by atoms with Crippen LogP contribution in [-0.2, 0) is 20.7 Å². The van der Waals surface area contributed by atoms with E-state index in [0.717, 1.165) is 25.7 Å². The van der Waals surface area contributed by atoms with Gasteiger partial charge in [0, 0.05) is 30.8 Å². The van der Waals surface area contributed by atoms with Crippen LogP contribution in [0.3, 0.4) is 0 Å². The van der Waals surface area contributed by atoms with E-state index in [1.54, 1.807) is 24.3 Å². The number of carbonyl (C=O) groups is 3. The molecule has 0 unspecified atom stereocenters. The summed E-state index contributed by atoms with van der Waals surface area (Å²) in [6.07, 6.45) is 3.44. The van der Waals surface area contributed by atoms with E-state index >= 15 is 0 Å². The Bertz CT molecular complexity index is 861. The molecule has 0 spiro atoms. The summed E-state index contributed by atoms with van der Waals surface area (Å²) < 4.78 is 5.22. The topological polar surface area (TPSA) is 75.7 Å². The molecule has 2 rings (SSSR count). The fourth-order valence-electron chi connectivity index (χ4n) is 3.39. The van der Waals surface area contributed by atoms with E-state index in [1.807, 2.05) is 49.1 Å². The number of nitrogens with one attached hydrogen (secondary N) is 1. The van der Waals surface area contributed by atoms with Gasteiger partial charge in [0.05, 0.1) is 13.0 Å². The Morgan fingerprint density at radius 1 is 0.906 bits per heavy atom. The number of rotatable bonds is 13. The molecule has 6 nitrogen and oxygen atoms in total. The maximum Gasteiger partial charge on any atom is 0.306 e. The molecule has 0 heterocycles. The molecule has 2 aromatic carbocycles. The maximum atomic E-state index is 12.7. The third-order valence-electron chi connectivity index (χ3n) is 4.94. The van der Waals surface area contributed by atoms with Crippen molar-refractivity contribution in [3.05, 3.63) is 65.7 Å². The van der Waals surface area contributed by atoms with Crippen LogP contribution in [0.15, 0.2) is 54.6 Å². The van der Waals surface area contributed by atoms with Crippen LogP contribution in [0.2, 0.25) is 0 Å². The van der Waals surface area contributed by atoms with Crippen LogP contribution in [-0.4, -0.2) is 42.4 Å². The van der Waals surface area contributed by atoms with Crippen molar-refractivity contribution < 1.29 is 19.1 Å². The fraction of sp³-hybridized carbons (Fsp3) is 0.423. The Morgan fingerprint density at radius 3 is 2.31 bits per heavy atom. The minimum absolute atomic E-state index is 0.0244. The van der Waals surface area contributed by atoms with Gasteiger partial charge in [-0.2, -0.15) is 0 Å². The second-order valence-corrected chi connectivity index (χ2v) is 7.73. The molecule has 172 valence electrons. The maximum absolute atomic E-state index is 12.7. The first-order valence-corrected chi connectivity index (χ1v) is 11.4. The van der Waals surface area contributed by atoms with Gasteiger partial charge in [-0.1, -0.05) is 50.2 Å². The van der Waals surface area contributed by atoms with Gasteiger partial charge < -0.3 is 15.0 Å². The largest absolute Gasteiger partial charge is 0.466 e. The zero-order valence-corrected chi connectivity index (χ0v) is 19.1. The standard InChI is InChI=1S/C26H34N2O4/c1-3-17-28(18-4-2)26(31)22-13-8-14-23(20-22)27-24(29)15-16-25(30)32-19-9-12-21-10-6-5-7-11-21/h5-8,10-11,13-14,20H,3-4,9,12,15-19H2,1-2H3,(H,27,29). The second-order valence-electron chi connectivity index (χ2n) is 7.73.